The van der Waals surface area contributed by atoms with Crippen molar-refractivity contribution in [3.05, 3.63) is 84.9 Å². The minimum absolute atomic E-state index is 1.01. The molecule has 0 unspecified atom stereocenters. The van der Waals surface area contributed by atoms with Crippen LogP contribution >= 0.6 is 0 Å². The molecule has 2 aromatic heterocycles. The zero-order valence-electron chi connectivity index (χ0n) is 15.5. The molecule has 0 aliphatic rings. The van der Waals surface area contributed by atoms with Crippen LogP contribution in [0.25, 0.3) is 11.1 Å². The SMILES string of the molecule is F[B-](F)(F)F.F[B-](F)(F)F.c1ccc(CC[n+]2ccc(-c3cc[nH+]cc3)cc2)cc1. The van der Waals surface area contributed by atoms with Gasteiger partial charge in [-0.2, -0.15) is 0 Å². The summed E-state index contributed by atoms with van der Waals surface area (Å²) < 4.78 is 80.2. The smallest absolute Gasteiger partial charge is 0.418 e. The fraction of sp³-hybridized carbons (Fsp3) is 0.111. The second-order valence-corrected chi connectivity index (χ2v) is 5.84. The highest BCUT2D eigenvalue weighted by molar-refractivity contribution is 6.50. The molecule has 0 radical (unpaired) electrons. The number of benzene rings is 1. The molecule has 30 heavy (non-hydrogen) atoms. The van der Waals surface area contributed by atoms with Gasteiger partial charge in [-0.05, 0) is 16.7 Å². The van der Waals surface area contributed by atoms with Gasteiger partial charge in [0, 0.05) is 30.7 Å². The Bertz CT molecular complexity index is 818. The highest BCUT2D eigenvalue weighted by atomic mass is 19.5. The number of H-pyrrole nitrogens is 1. The van der Waals surface area contributed by atoms with Crippen LogP contribution in [0.2, 0.25) is 0 Å². The van der Waals surface area contributed by atoms with Crippen LogP contribution in [0.3, 0.4) is 0 Å². The molecule has 162 valence electrons. The van der Waals surface area contributed by atoms with Gasteiger partial charge in [-0.25, -0.2) is 9.55 Å². The Kier molecular flexibility index (Phi) is 10.00. The van der Waals surface area contributed by atoms with Crippen molar-refractivity contribution in [3.8, 4) is 11.1 Å². The van der Waals surface area contributed by atoms with Crippen molar-refractivity contribution in [3.63, 3.8) is 0 Å². The van der Waals surface area contributed by atoms with E-state index in [1.54, 1.807) is 0 Å². The largest absolute Gasteiger partial charge is 0.673 e. The lowest BCUT2D eigenvalue weighted by Gasteiger charge is -2.00. The first kappa shape index (κ1) is 25.1. The summed E-state index contributed by atoms with van der Waals surface area (Å²) in [7, 11) is -12.0. The fourth-order valence-corrected chi connectivity index (χ4v) is 2.28. The second kappa shape index (κ2) is 11.9. The lowest BCUT2D eigenvalue weighted by molar-refractivity contribution is -0.696. The number of pyridine rings is 2. The van der Waals surface area contributed by atoms with Gasteiger partial charge in [-0.3, -0.25) is 0 Å². The third kappa shape index (κ3) is 14.1. The molecule has 0 fully saturated rings. The highest BCUT2D eigenvalue weighted by Crippen LogP contribution is 2.15. The number of nitrogens with zero attached hydrogens (tertiary/aromatic N) is 1. The van der Waals surface area contributed by atoms with E-state index in [0.29, 0.717) is 0 Å². The van der Waals surface area contributed by atoms with Gasteiger partial charge in [0.05, 0.1) is 0 Å². The molecule has 1 N–H and O–H groups in total. The maximum atomic E-state index is 9.75. The molecule has 0 bridgehead atoms. The molecule has 0 amide bonds. The van der Waals surface area contributed by atoms with Crippen molar-refractivity contribution in [1.29, 1.82) is 0 Å². The summed E-state index contributed by atoms with van der Waals surface area (Å²) in [6.45, 7) is 1.01. The lowest BCUT2D eigenvalue weighted by atomic mass is 10.1. The molecule has 2 nitrogen and oxygen atoms in total. The zero-order valence-corrected chi connectivity index (χ0v) is 15.5. The Hall–Kier alpha value is -2.91. The van der Waals surface area contributed by atoms with Gasteiger partial charge in [-0.1, -0.05) is 30.3 Å². The van der Waals surface area contributed by atoms with Gasteiger partial charge in [0.1, 0.15) is 0 Å². The van der Waals surface area contributed by atoms with E-state index in [0.717, 1.165) is 13.0 Å². The van der Waals surface area contributed by atoms with Crippen LogP contribution in [0.1, 0.15) is 5.56 Å². The summed E-state index contributed by atoms with van der Waals surface area (Å²) in [6, 6.07) is 19.1. The predicted octanol–water partition coefficient (Wildman–Crippen LogP) is 5.30. The topological polar surface area (TPSA) is 18.0 Å². The van der Waals surface area contributed by atoms with Gasteiger partial charge < -0.3 is 34.5 Å². The third-order valence-electron chi connectivity index (χ3n) is 3.44. The number of nitrogens with one attached hydrogen (secondary N) is 1. The van der Waals surface area contributed by atoms with E-state index in [1.165, 1.54) is 16.7 Å². The Labute approximate surface area is 168 Å². The molecule has 0 spiro atoms. The van der Waals surface area contributed by atoms with Crippen LogP contribution in [-0.2, 0) is 13.0 Å². The third-order valence-corrected chi connectivity index (χ3v) is 3.44. The van der Waals surface area contributed by atoms with Crippen LogP contribution in [0, 0.1) is 0 Å². The molecule has 3 rings (SSSR count). The van der Waals surface area contributed by atoms with Crippen molar-refractivity contribution in [1.82, 2.24) is 0 Å². The fourth-order valence-electron chi connectivity index (χ4n) is 2.28. The highest BCUT2D eigenvalue weighted by Gasteiger charge is 2.21. The van der Waals surface area contributed by atoms with E-state index in [1.807, 2.05) is 12.4 Å². The number of rotatable bonds is 4. The minimum atomic E-state index is -6.00. The summed E-state index contributed by atoms with van der Waals surface area (Å²) in [6.07, 6.45) is 9.26. The number of hydrogen-bond donors (Lipinski definition) is 0. The summed E-state index contributed by atoms with van der Waals surface area (Å²) in [5.41, 5.74) is 3.86. The Morgan fingerprint density at radius 1 is 0.633 bits per heavy atom. The summed E-state index contributed by atoms with van der Waals surface area (Å²) in [5.74, 6) is 0. The van der Waals surface area contributed by atoms with Crippen molar-refractivity contribution in [2.45, 2.75) is 13.0 Å². The van der Waals surface area contributed by atoms with Crippen molar-refractivity contribution in [2.75, 3.05) is 0 Å². The van der Waals surface area contributed by atoms with Gasteiger partial charge >= 0.3 is 14.5 Å². The first-order valence-electron chi connectivity index (χ1n) is 8.66. The number of aryl methyl sites for hydroxylation is 2. The number of aromatic amines is 1. The van der Waals surface area contributed by atoms with E-state index in [9.17, 15) is 34.5 Å². The molecule has 12 heteroatoms. The zero-order chi connectivity index (χ0) is 22.6. The van der Waals surface area contributed by atoms with Crippen LogP contribution in [-0.4, -0.2) is 14.5 Å². The maximum absolute atomic E-state index is 9.75. The summed E-state index contributed by atoms with van der Waals surface area (Å²) >= 11 is 0. The van der Waals surface area contributed by atoms with E-state index >= 15 is 0 Å². The molecule has 2 heterocycles. The molecule has 0 aliphatic heterocycles. The van der Waals surface area contributed by atoms with E-state index in [-0.39, 0.29) is 0 Å². The second-order valence-electron chi connectivity index (χ2n) is 5.84. The van der Waals surface area contributed by atoms with E-state index in [2.05, 4.69) is 76.5 Å². The van der Waals surface area contributed by atoms with E-state index < -0.39 is 14.5 Å². The molecule has 3 aromatic rings. The van der Waals surface area contributed by atoms with Crippen molar-refractivity contribution < 1.29 is 44.1 Å². The van der Waals surface area contributed by atoms with Crippen LogP contribution in [0.15, 0.2) is 79.4 Å². The van der Waals surface area contributed by atoms with Crippen LogP contribution in [0.4, 0.5) is 34.5 Å². The Balaban J connectivity index is 0.000000378. The Morgan fingerprint density at radius 2 is 1.07 bits per heavy atom. The minimum Gasteiger partial charge on any atom is -0.418 e. The number of hydrogen-bond acceptors (Lipinski definition) is 0. The van der Waals surface area contributed by atoms with Crippen LogP contribution < -0.4 is 9.55 Å². The molecule has 0 atom stereocenters. The number of halogens is 8. The molecular weight excluding hydrogens is 418 g/mol. The number of aromatic nitrogens is 2. The average Bonchev–Trinajstić information content (AvgIpc) is 2.66. The normalized spacial score (nSPS) is 10.9. The monoisotopic (exact) mass is 436 g/mol. The van der Waals surface area contributed by atoms with E-state index in [4.69, 9.17) is 0 Å². The summed E-state index contributed by atoms with van der Waals surface area (Å²) in [5, 5.41) is 0. The molecule has 0 aliphatic carbocycles. The predicted molar refractivity (Wildman–Crippen MR) is 99.1 cm³/mol. The first-order chi connectivity index (χ1) is 13.9. The van der Waals surface area contributed by atoms with Gasteiger partial charge in [0.2, 0.25) is 0 Å². The van der Waals surface area contributed by atoms with Crippen molar-refractivity contribution >= 4 is 14.5 Å². The van der Waals surface area contributed by atoms with Crippen LogP contribution in [0.5, 0.6) is 0 Å². The molecule has 0 saturated heterocycles. The van der Waals surface area contributed by atoms with Gasteiger partial charge in [0.15, 0.2) is 31.3 Å². The van der Waals surface area contributed by atoms with Gasteiger partial charge in [0.25, 0.3) is 0 Å². The lowest BCUT2D eigenvalue weighted by Crippen LogP contribution is -2.33. The summed E-state index contributed by atoms with van der Waals surface area (Å²) in [4.78, 5) is 3.05. The quantitative estimate of drug-likeness (QED) is 0.301. The first-order valence-corrected chi connectivity index (χ1v) is 8.66. The molecular formula is C18H18B2F8N2. The Morgan fingerprint density at radius 3 is 1.53 bits per heavy atom. The molecule has 0 saturated carbocycles. The standard InChI is InChI=1S/C18H17N2.2BF4/c1-2-4-16(5-3-1)8-13-20-14-9-18(10-15-20)17-6-11-19-12-7-17;2*2-1(3,4)5/h1-7,9-12,14-15H,8,13H2;;/q+1;2*-1/p+1. The van der Waals surface area contributed by atoms with Crippen molar-refractivity contribution in [2.24, 2.45) is 0 Å². The van der Waals surface area contributed by atoms with Gasteiger partial charge in [-0.15, -0.1) is 0 Å². The maximum Gasteiger partial charge on any atom is 0.673 e. The average molecular weight is 436 g/mol. The molecule has 1 aromatic carbocycles.